The third kappa shape index (κ3) is 9.26. The smallest absolute Gasteiger partial charge is 0.326 e. The van der Waals surface area contributed by atoms with Crippen LogP contribution in [0, 0.1) is 0 Å². The molecule has 0 aliphatic heterocycles. The summed E-state index contributed by atoms with van der Waals surface area (Å²) in [7, 11) is 0. The van der Waals surface area contributed by atoms with Gasteiger partial charge in [0.1, 0.15) is 18.1 Å². The van der Waals surface area contributed by atoms with Crippen molar-refractivity contribution in [1.29, 1.82) is 0 Å². The molecule has 16 heteroatoms. The molecule has 3 aromatic heterocycles. The Morgan fingerprint density at radius 3 is 1.74 bits per heavy atom. The number of nitrogens with one attached hydrogen (secondary N) is 6. The number of carbonyl (C=O) groups excluding carboxylic acids is 3. The molecule has 3 amide bonds. The quantitative estimate of drug-likeness (QED) is 0.101. The number of imidazole rings is 3. The lowest BCUT2D eigenvalue weighted by Gasteiger charge is -2.25. The van der Waals surface area contributed by atoms with E-state index in [1.54, 1.807) is 6.20 Å². The van der Waals surface area contributed by atoms with Gasteiger partial charge in [0.05, 0.1) is 25.0 Å². The molecular formula is C23H32N10O5S. The van der Waals surface area contributed by atoms with Crippen LogP contribution in [0.4, 0.5) is 0 Å². The maximum atomic E-state index is 13.3. The van der Waals surface area contributed by atoms with E-state index >= 15 is 0 Å². The lowest BCUT2D eigenvalue weighted by atomic mass is 10.1. The highest BCUT2D eigenvalue weighted by Gasteiger charge is 2.31. The van der Waals surface area contributed by atoms with E-state index in [1.165, 1.54) is 43.1 Å². The van der Waals surface area contributed by atoms with Gasteiger partial charge in [-0.15, -0.1) is 0 Å². The van der Waals surface area contributed by atoms with Crippen molar-refractivity contribution in [2.45, 2.75) is 49.9 Å². The fourth-order valence-corrected chi connectivity index (χ4v) is 4.17. The first-order valence-corrected chi connectivity index (χ1v) is 13.5. The fourth-order valence-electron chi connectivity index (χ4n) is 3.70. The molecule has 0 aliphatic rings. The van der Waals surface area contributed by atoms with Gasteiger partial charge in [0, 0.05) is 54.9 Å². The number of hydrogen-bond acceptors (Lipinski definition) is 9. The first-order valence-electron chi connectivity index (χ1n) is 12.1. The second kappa shape index (κ2) is 14.7. The number of nitrogens with two attached hydrogens (primary N) is 1. The minimum Gasteiger partial charge on any atom is -0.480 e. The first-order chi connectivity index (χ1) is 18.8. The van der Waals surface area contributed by atoms with Crippen molar-refractivity contribution in [2.24, 2.45) is 5.73 Å². The Kier molecular flexibility index (Phi) is 11.1. The zero-order chi connectivity index (χ0) is 28.2. The van der Waals surface area contributed by atoms with Crippen molar-refractivity contribution in [3.8, 4) is 0 Å². The highest BCUT2D eigenvalue weighted by atomic mass is 32.2. The zero-order valence-electron chi connectivity index (χ0n) is 21.2. The van der Waals surface area contributed by atoms with Crippen LogP contribution in [0.3, 0.4) is 0 Å². The topological polar surface area (TPSA) is 237 Å². The molecule has 0 fully saturated rings. The molecular weight excluding hydrogens is 528 g/mol. The number of amides is 3. The lowest BCUT2D eigenvalue weighted by Crippen LogP contribution is -2.58. The number of rotatable bonds is 16. The summed E-state index contributed by atoms with van der Waals surface area (Å²) >= 11 is 1.49. The molecule has 15 nitrogen and oxygen atoms in total. The van der Waals surface area contributed by atoms with Crippen molar-refractivity contribution in [3.05, 3.63) is 54.7 Å². The van der Waals surface area contributed by atoms with Crippen molar-refractivity contribution >= 4 is 35.5 Å². The molecule has 3 rings (SSSR count). The fraction of sp³-hybridized carbons (Fsp3) is 0.435. The number of aliphatic carboxylic acids is 1. The van der Waals surface area contributed by atoms with Gasteiger partial charge in [0.2, 0.25) is 17.7 Å². The normalized spacial score (nSPS) is 14.1. The average Bonchev–Trinajstić information content (AvgIpc) is 3.70. The van der Waals surface area contributed by atoms with E-state index in [0.717, 1.165) is 0 Å². The average molecular weight is 561 g/mol. The highest BCUT2D eigenvalue weighted by Crippen LogP contribution is 2.07. The van der Waals surface area contributed by atoms with Crippen LogP contribution >= 0.6 is 11.8 Å². The molecule has 4 atom stereocenters. The number of carboxylic acids is 1. The maximum absolute atomic E-state index is 13.3. The number of carboxylic acid groups (broad SMARTS) is 1. The molecule has 0 spiro atoms. The van der Waals surface area contributed by atoms with Gasteiger partial charge in [-0.25, -0.2) is 19.7 Å². The van der Waals surface area contributed by atoms with Crippen LogP contribution in [-0.2, 0) is 38.4 Å². The Labute approximate surface area is 227 Å². The van der Waals surface area contributed by atoms with Gasteiger partial charge < -0.3 is 41.7 Å². The monoisotopic (exact) mass is 560 g/mol. The zero-order valence-corrected chi connectivity index (χ0v) is 22.0. The van der Waals surface area contributed by atoms with Crippen LogP contribution in [0.15, 0.2) is 37.6 Å². The highest BCUT2D eigenvalue weighted by molar-refractivity contribution is 7.98. The number of hydrogen-bond donors (Lipinski definition) is 8. The molecule has 0 aliphatic carbocycles. The Hall–Kier alpha value is -4.18. The van der Waals surface area contributed by atoms with Crippen LogP contribution in [0.2, 0.25) is 0 Å². The first kappa shape index (κ1) is 29.4. The maximum Gasteiger partial charge on any atom is 0.326 e. The molecule has 39 heavy (non-hydrogen) atoms. The number of aromatic amines is 3. The largest absolute Gasteiger partial charge is 0.480 e. The Morgan fingerprint density at radius 2 is 1.26 bits per heavy atom. The van der Waals surface area contributed by atoms with Crippen LogP contribution < -0.4 is 21.7 Å². The number of carbonyl (C=O) groups is 4. The third-order valence-corrected chi connectivity index (χ3v) is 6.42. The van der Waals surface area contributed by atoms with Gasteiger partial charge in [0.15, 0.2) is 0 Å². The van der Waals surface area contributed by atoms with Crippen LogP contribution in [0.5, 0.6) is 0 Å². The molecule has 3 heterocycles. The Bertz CT molecular complexity index is 1190. The molecule has 3 aromatic rings. The van der Waals surface area contributed by atoms with Crippen LogP contribution in [0.25, 0.3) is 0 Å². The van der Waals surface area contributed by atoms with Gasteiger partial charge in [-0.2, -0.15) is 11.8 Å². The van der Waals surface area contributed by atoms with E-state index in [1.807, 2.05) is 6.26 Å². The van der Waals surface area contributed by atoms with Crippen molar-refractivity contribution in [3.63, 3.8) is 0 Å². The molecule has 9 N–H and O–H groups in total. The summed E-state index contributed by atoms with van der Waals surface area (Å²) in [6, 6.07) is -4.34. The lowest BCUT2D eigenvalue weighted by molar-refractivity contribution is -0.142. The standard InChI is InChI=1S/C23H32N10O5S/c1-39-3-2-17(31-20(34)16(24)4-13-7-25-10-28-13)21(35)32-18(5-14-8-26-11-29-14)22(36)33-19(23(37)38)6-15-9-27-12-30-15/h7-12,16-19H,2-6,24H2,1H3,(H,25,28)(H,26,29)(H,27,30)(H,31,34)(H,32,35)(H,33,36)(H,37,38). The summed E-state index contributed by atoms with van der Waals surface area (Å²) in [4.78, 5) is 71.4. The molecule has 0 saturated carbocycles. The molecule has 0 aromatic carbocycles. The summed E-state index contributed by atoms with van der Waals surface area (Å²) in [5, 5.41) is 17.5. The predicted octanol–water partition coefficient (Wildman–Crippen LogP) is -1.50. The van der Waals surface area contributed by atoms with Gasteiger partial charge in [-0.3, -0.25) is 14.4 Å². The van der Waals surface area contributed by atoms with E-state index < -0.39 is 47.9 Å². The molecule has 210 valence electrons. The second-order valence-electron chi connectivity index (χ2n) is 8.75. The number of aromatic nitrogens is 6. The number of nitrogens with zero attached hydrogens (tertiary/aromatic N) is 3. The molecule has 0 saturated heterocycles. The summed E-state index contributed by atoms with van der Waals surface area (Å²) < 4.78 is 0. The second-order valence-corrected chi connectivity index (χ2v) is 9.74. The summed E-state index contributed by atoms with van der Waals surface area (Å²) in [5.41, 5.74) is 7.76. The predicted molar refractivity (Wildman–Crippen MR) is 141 cm³/mol. The van der Waals surface area contributed by atoms with E-state index in [0.29, 0.717) is 22.8 Å². The molecule has 0 radical (unpaired) electrons. The van der Waals surface area contributed by atoms with Gasteiger partial charge in [0.25, 0.3) is 0 Å². The van der Waals surface area contributed by atoms with Crippen molar-refractivity contribution in [2.75, 3.05) is 12.0 Å². The summed E-state index contributed by atoms with van der Waals surface area (Å²) in [6.07, 6.45) is 11.1. The summed E-state index contributed by atoms with van der Waals surface area (Å²) in [6.45, 7) is 0. The van der Waals surface area contributed by atoms with Crippen molar-refractivity contribution in [1.82, 2.24) is 45.9 Å². The number of thioether (sulfide) groups is 1. The minimum atomic E-state index is -1.27. The van der Waals surface area contributed by atoms with E-state index in [9.17, 15) is 24.3 Å². The Morgan fingerprint density at radius 1 is 0.795 bits per heavy atom. The van der Waals surface area contributed by atoms with Gasteiger partial charge in [-0.05, 0) is 18.4 Å². The van der Waals surface area contributed by atoms with Gasteiger partial charge in [-0.1, -0.05) is 0 Å². The summed E-state index contributed by atoms with van der Waals surface area (Å²) in [5.74, 6) is -2.55. The number of H-pyrrole nitrogens is 3. The van der Waals surface area contributed by atoms with E-state index in [-0.39, 0.29) is 25.7 Å². The minimum absolute atomic E-state index is 0.0104. The molecule has 4 unspecified atom stereocenters. The van der Waals surface area contributed by atoms with Crippen molar-refractivity contribution < 1.29 is 24.3 Å². The molecule has 0 bridgehead atoms. The van der Waals surface area contributed by atoms with Gasteiger partial charge >= 0.3 is 5.97 Å². The van der Waals surface area contributed by atoms with Crippen LogP contribution in [0.1, 0.15) is 23.5 Å². The van der Waals surface area contributed by atoms with E-state index in [4.69, 9.17) is 5.73 Å². The van der Waals surface area contributed by atoms with E-state index in [2.05, 4.69) is 45.9 Å². The Balaban J connectivity index is 1.71. The SMILES string of the molecule is CSCCC(NC(=O)C(N)Cc1cnc[nH]1)C(=O)NC(Cc1cnc[nH]1)C(=O)NC(Cc1cnc[nH]1)C(=O)O. The van der Waals surface area contributed by atoms with Crippen LogP contribution in [-0.4, -0.2) is 94.9 Å². The third-order valence-electron chi connectivity index (χ3n) is 5.78.